The monoisotopic (exact) mass is 276 g/mol. The first kappa shape index (κ1) is 13.3. The first-order chi connectivity index (χ1) is 9.79. The van der Waals surface area contributed by atoms with Gasteiger partial charge in [-0.3, -0.25) is 0 Å². The van der Waals surface area contributed by atoms with Crippen LogP contribution in [0.2, 0.25) is 0 Å². The number of ether oxygens (including phenoxy) is 2. The van der Waals surface area contributed by atoms with Crippen LogP contribution >= 0.6 is 0 Å². The highest BCUT2D eigenvalue weighted by Gasteiger charge is 2.31. The minimum Gasteiger partial charge on any atom is -0.370 e. The molecular weight excluding hydrogens is 259 g/mol. The summed E-state index contributed by atoms with van der Waals surface area (Å²) in [6.07, 6.45) is 1.79. The van der Waals surface area contributed by atoms with Gasteiger partial charge in [0.1, 0.15) is 17.4 Å². The van der Waals surface area contributed by atoms with Crippen LogP contribution in [0.4, 0.5) is 10.1 Å². The van der Waals surface area contributed by atoms with Crippen molar-refractivity contribution in [3.05, 3.63) is 29.6 Å². The Bertz CT molecular complexity index is 515. The Morgan fingerprint density at radius 3 is 2.55 bits per heavy atom. The Kier molecular flexibility index (Phi) is 3.86. The zero-order chi connectivity index (χ0) is 13.9. The van der Waals surface area contributed by atoms with Crippen LogP contribution in [0.5, 0.6) is 0 Å². The van der Waals surface area contributed by atoms with E-state index in [2.05, 4.69) is 4.90 Å². The molecule has 0 saturated carbocycles. The fourth-order valence-corrected chi connectivity index (χ4v) is 2.95. The van der Waals surface area contributed by atoms with Gasteiger partial charge in [-0.1, -0.05) is 6.07 Å². The maximum absolute atomic E-state index is 13.6. The third-order valence-corrected chi connectivity index (χ3v) is 4.02. The minimum atomic E-state index is -0.449. The Morgan fingerprint density at radius 2 is 1.90 bits per heavy atom. The fraction of sp³-hybridized carbons (Fsp3) is 0.533. The first-order valence-corrected chi connectivity index (χ1v) is 6.96. The van der Waals surface area contributed by atoms with E-state index in [9.17, 15) is 4.39 Å². The number of benzene rings is 1. The molecule has 106 valence electrons. The molecule has 2 aliphatic heterocycles. The summed E-state index contributed by atoms with van der Waals surface area (Å²) in [5, 5.41) is 9.10. The number of hydrogen-bond donors (Lipinski definition) is 0. The zero-order valence-corrected chi connectivity index (χ0v) is 11.2. The van der Waals surface area contributed by atoms with Gasteiger partial charge in [0.05, 0.1) is 18.9 Å². The van der Waals surface area contributed by atoms with Gasteiger partial charge < -0.3 is 14.4 Å². The molecule has 0 radical (unpaired) electrons. The molecule has 0 aromatic heterocycles. The second-order valence-electron chi connectivity index (χ2n) is 5.18. The lowest BCUT2D eigenvalue weighted by atomic mass is 9.95. The Balaban J connectivity index is 1.69. The van der Waals surface area contributed by atoms with Gasteiger partial charge in [-0.15, -0.1) is 0 Å². The second-order valence-corrected chi connectivity index (χ2v) is 5.18. The first-order valence-electron chi connectivity index (χ1n) is 6.96. The molecule has 3 rings (SSSR count). The molecular formula is C15H17FN2O2. The third kappa shape index (κ3) is 2.49. The van der Waals surface area contributed by atoms with E-state index >= 15 is 0 Å². The molecule has 0 unspecified atom stereocenters. The molecule has 0 spiro atoms. The smallest absolute Gasteiger partial charge is 0.160 e. The number of nitrogens with zero attached hydrogens (tertiary/aromatic N) is 2. The Hall–Kier alpha value is -1.64. The molecule has 0 bridgehead atoms. The van der Waals surface area contributed by atoms with Crippen LogP contribution in [0.1, 0.15) is 18.4 Å². The van der Waals surface area contributed by atoms with Crippen molar-refractivity contribution in [1.82, 2.24) is 0 Å². The number of piperidine rings is 1. The molecule has 2 aliphatic rings. The lowest BCUT2D eigenvalue weighted by molar-refractivity contribution is -0.0889. The van der Waals surface area contributed by atoms with E-state index in [1.54, 1.807) is 6.07 Å². The molecule has 0 atom stereocenters. The Morgan fingerprint density at radius 1 is 1.20 bits per heavy atom. The third-order valence-electron chi connectivity index (χ3n) is 4.02. The molecule has 1 aromatic rings. The van der Waals surface area contributed by atoms with E-state index in [-0.39, 0.29) is 11.9 Å². The summed E-state index contributed by atoms with van der Waals surface area (Å²) < 4.78 is 24.7. The molecule has 0 aliphatic carbocycles. The van der Waals surface area contributed by atoms with Crippen molar-refractivity contribution in [3.8, 4) is 6.07 Å². The predicted molar refractivity (Wildman–Crippen MR) is 71.7 cm³/mol. The molecule has 2 heterocycles. The van der Waals surface area contributed by atoms with Gasteiger partial charge in [0.2, 0.25) is 0 Å². The second kappa shape index (κ2) is 5.78. The molecule has 20 heavy (non-hydrogen) atoms. The van der Waals surface area contributed by atoms with Gasteiger partial charge in [-0.2, -0.15) is 5.26 Å². The average molecular weight is 276 g/mol. The van der Waals surface area contributed by atoms with Crippen molar-refractivity contribution in [2.45, 2.75) is 19.1 Å². The molecule has 0 amide bonds. The largest absolute Gasteiger partial charge is 0.370 e. The van der Waals surface area contributed by atoms with Crippen LogP contribution in [-0.2, 0) is 9.47 Å². The van der Waals surface area contributed by atoms with Gasteiger partial charge in [0.15, 0.2) is 6.29 Å². The fourth-order valence-electron chi connectivity index (χ4n) is 2.95. The summed E-state index contributed by atoms with van der Waals surface area (Å²) in [5.74, 6) is -0.0533. The molecule has 2 saturated heterocycles. The summed E-state index contributed by atoms with van der Waals surface area (Å²) in [4.78, 5) is 2.08. The number of hydrogen-bond acceptors (Lipinski definition) is 4. The van der Waals surface area contributed by atoms with Gasteiger partial charge in [0, 0.05) is 19.0 Å². The summed E-state index contributed by atoms with van der Waals surface area (Å²) in [6, 6.07) is 6.75. The molecule has 5 heteroatoms. The van der Waals surface area contributed by atoms with Crippen LogP contribution in [0.25, 0.3) is 0 Å². The van der Waals surface area contributed by atoms with E-state index < -0.39 is 5.82 Å². The van der Waals surface area contributed by atoms with Crippen LogP contribution in [0.15, 0.2) is 18.2 Å². The van der Waals surface area contributed by atoms with E-state index in [1.807, 2.05) is 12.1 Å². The summed E-state index contributed by atoms with van der Waals surface area (Å²) in [6.45, 7) is 2.94. The van der Waals surface area contributed by atoms with E-state index in [0.29, 0.717) is 24.8 Å². The molecule has 1 aromatic carbocycles. The van der Waals surface area contributed by atoms with Crippen LogP contribution < -0.4 is 4.90 Å². The summed E-state index contributed by atoms with van der Waals surface area (Å²) >= 11 is 0. The van der Waals surface area contributed by atoms with Crippen molar-refractivity contribution in [1.29, 1.82) is 5.26 Å². The van der Waals surface area contributed by atoms with Crippen LogP contribution in [0, 0.1) is 23.1 Å². The number of halogens is 1. The normalized spacial score (nSPS) is 21.1. The highest BCUT2D eigenvalue weighted by molar-refractivity contribution is 5.60. The van der Waals surface area contributed by atoms with Crippen molar-refractivity contribution in [3.63, 3.8) is 0 Å². The zero-order valence-electron chi connectivity index (χ0n) is 11.2. The van der Waals surface area contributed by atoms with Gasteiger partial charge in [-0.25, -0.2) is 4.39 Å². The standard InChI is InChI=1S/C15H17FN2O2/c16-13-2-1-3-14(12(13)10-17)18-6-4-11(5-7-18)15-19-8-9-20-15/h1-3,11,15H,4-9H2. The average Bonchev–Trinajstić information content (AvgIpc) is 3.01. The number of nitriles is 1. The van der Waals surface area contributed by atoms with E-state index in [1.165, 1.54) is 6.07 Å². The van der Waals surface area contributed by atoms with E-state index in [0.717, 1.165) is 25.9 Å². The molecule has 0 N–H and O–H groups in total. The highest BCUT2D eigenvalue weighted by atomic mass is 19.1. The maximum Gasteiger partial charge on any atom is 0.160 e. The minimum absolute atomic E-state index is 0.0832. The predicted octanol–water partition coefficient (Wildman–Crippen LogP) is 2.29. The van der Waals surface area contributed by atoms with Crippen molar-refractivity contribution < 1.29 is 13.9 Å². The lowest BCUT2D eigenvalue weighted by Gasteiger charge is -2.35. The number of anilines is 1. The van der Waals surface area contributed by atoms with Crippen LogP contribution in [-0.4, -0.2) is 32.6 Å². The van der Waals surface area contributed by atoms with Crippen molar-refractivity contribution in [2.75, 3.05) is 31.2 Å². The lowest BCUT2D eigenvalue weighted by Crippen LogP contribution is -2.38. The molecule has 4 nitrogen and oxygen atoms in total. The van der Waals surface area contributed by atoms with Gasteiger partial charge in [-0.05, 0) is 25.0 Å². The summed E-state index contributed by atoms with van der Waals surface area (Å²) in [7, 11) is 0. The van der Waals surface area contributed by atoms with Crippen molar-refractivity contribution in [2.24, 2.45) is 5.92 Å². The molecule has 2 fully saturated rings. The summed E-state index contributed by atoms with van der Waals surface area (Å²) in [5.41, 5.74) is 0.832. The van der Waals surface area contributed by atoms with Gasteiger partial charge >= 0.3 is 0 Å². The van der Waals surface area contributed by atoms with Crippen LogP contribution in [0.3, 0.4) is 0 Å². The maximum atomic E-state index is 13.6. The van der Waals surface area contributed by atoms with Crippen molar-refractivity contribution >= 4 is 5.69 Å². The Labute approximate surface area is 117 Å². The van der Waals surface area contributed by atoms with E-state index in [4.69, 9.17) is 14.7 Å². The SMILES string of the molecule is N#Cc1c(F)cccc1N1CCC(C2OCCO2)CC1. The highest BCUT2D eigenvalue weighted by Crippen LogP contribution is 2.30. The number of rotatable bonds is 2. The van der Waals surface area contributed by atoms with Gasteiger partial charge in [0.25, 0.3) is 0 Å². The topological polar surface area (TPSA) is 45.5 Å². The quantitative estimate of drug-likeness (QED) is 0.831.